The number of ether oxygens (including phenoxy) is 3. The normalized spacial score (nSPS) is 11.2. The second-order valence-electron chi connectivity index (χ2n) is 4.95. The summed E-state index contributed by atoms with van der Waals surface area (Å²) in [6.07, 6.45) is 0.112. The Hall–Kier alpha value is -2.90. The van der Waals surface area contributed by atoms with Gasteiger partial charge in [0.15, 0.2) is 11.5 Å². The minimum atomic E-state index is -0.891. The summed E-state index contributed by atoms with van der Waals surface area (Å²) in [6, 6.07) is 3.59. The second-order valence-corrected chi connectivity index (χ2v) is 4.95. The molecule has 0 spiro atoms. The van der Waals surface area contributed by atoms with E-state index < -0.39 is 23.9 Å². The largest absolute Gasteiger partial charge is 0.467 e. The van der Waals surface area contributed by atoms with Gasteiger partial charge in [-0.25, -0.2) is 4.79 Å². The standard InChI is InChI=1S/C16H19NO7/c1-9(18)17-13(16(21)22-4)7-12-5-6-14(23-10(2)19)15(8-12)24-11(3)20/h5-6,8,13H,7H2,1-4H3,(H,17,18). The third-order valence-corrected chi connectivity index (χ3v) is 2.82. The molecule has 0 aliphatic heterocycles. The van der Waals surface area contributed by atoms with Gasteiger partial charge in [0.2, 0.25) is 5.91 Å². The lowest BCUT2D eigenvalue weighted by Gasteiger charge is -2.16. The van der Waals surface area contributed by atoms with E-state index in [0.29, 0.717) is 5.56 Å². The minimum absolute atomic E-state index is 0.0432. The maximum atomic E-state index is 11.7. The fourth-order valence-corrected chi connectivity index (χ4v) is 1.97. The fraction of sp³-hybridized carbons (Fsp3) is 0.375. The van der Waals surface area contributed by atoms with Crippen molar-refractivity contribution in [3.8, 4) is 11.5 Å². The van der Waals surface area contributed by atoms with Crippen LogP contribution in [0.5, 0.6) is 11.5 Å². The van der Waals surface area contributed by atoms with Crippen LogP contribution in [-0.4, -0.2) is 37.0 Å². The average Bonchev–Trinajstić information content (AvgIpc) is 2.47. The highest BCUT2D eigenvalue weighted by molar-refractivity contribution is 5.83. The second kappa shape index (κ2) is 8.66. The molecule has 1 amide bonds. The summed E-state index contributed by atoms with van der Waals surface area (Å²) < 4.78 is 14.6. The van der Waals surface area contributed by atoms with E-state index in [1.54, 1.807) is 6.07 Å². The predicted molar refractivity (Wildman–Crippen MR) is 82.4 cm³/mol. The van der Waals surface area contributed by atoms with Crippen LogP contribution >= 0.6 is 0 Å². The van der Waals surface area contributed by atoms with E-state index in [1.165, 1.54) is 40.0 Å². The van der Waals surface area contributed by atoms with Crippen LogP contribution in [-0.2, 0) is 30.3 Å². The zero-order valence-corrected chi connectivity index (χ0v) is 13.9. The molecule has 130 valence electrons. The molecule has 0 aromatic heterocycles. The zero-order valence-electron chi connectivity index (χ0n) is 13.9. The Balaban J connectivity index is 3.09. The van der Waals surface area contributed by atoms with Crippen LogP contribution in [0.3, 0.4) is 0 Å². The summed E-state index contributed by atoms with van der Waals surface area (Å²) in [7, 11) is 1.21. The monoisotopic (exact) mass is 337 g/mol. The van der Waals surface area contributed by atoms with Gasteiger partial charge in [0.1, 0.15) is 6.04 Å². The number of methoxy groups -OCH3 is 1. The lowest BCUT2D eigenvalue weighted by molar-refractivity contribution is -0.144. The average molecular weight is 337 g/mol. The van der Waals surface area contributed by atoms with Crippen LogP contribution in [0.25, 0.3) is 0 Å². The maximum absolute atomic E-state index is 11.7. The number of rotatable bonds is 6. The molecule has 8 nitrogen and oxygen atoms in total. The Morgan fingerprint density at radius 2 is 1.58 bits per heavy atom. The molecule has 0 saturated heterocycles. The zero-order chi connectivity index (χ0) is 18.3. The van der Waals surface area contributed by atoms with Gasteiger partial charge in [0.05, 0.1) is 7.11 Å². The molecule has 8 heteroatoms. The number of hydrogen-bond donors (Lipinski definition) is 1. The highest BCUT2D eigenvalue weighted by Crippen LogP contribution is 2.29. The lowest BCUT2D eigenvalue weighted by Crippen LogP contribution is -2.41. The number of amides is 1. The molecule has 0 saturated carbocycles. The third kappa shape index (κ3) is 6.07. The smallest absolute Gasteiger partial charge is 0.328 e. The molecule has 1 N–H and O–H groups in total. The van der Waals surface area contributed by atoms with Crippen molar-refractivity contribution in [3.05, 3.63) is 23.8 Å². The van der Waals surface area contributed by atoms with Gasteiger partial charge in [0, 0.05) is 27.2 Å². The van der Waals surface area contributed by atoms with Gasteiger partial charge >= 0.3 is 17.9 Å². The number of carbonyl (C=O) groups is 4. The summed E-state index contributed by atoms with van der Waals surface area (Å²) >= 11 is 0. The quantitative estimate of drug-likeness (QED) is 0.603. The summed E-state index contributed by atoms with van der Waals surface area (Å²) in [6.45, 7) is 3.71. The Kier molecular flexibility index (Phi) is 6.91. The summed E-state index contributed by atoms with van der Waals surface area (Å²) in [4.78, 5) is 45.2. The molecule has 0 aliphatic carbocycles. The van der Waals surface area contributed by atoms with Crippen molar-refractivity contribution in [1.29, 1.82) is 0 Å². The first-order chi connectivity index (χ1) is 11.2. The number of hydrogen-bond acceptors (Lipinski definition) is 7. The SMILES string of the molecule is COC(=O)C(Cc1ccc(OC(C)=O)c(OC(C)=O)c1)NC(C)=O. The molecule has 1 aromatic rings. The van der Waals surface area contributed by atoms with Crippen molar-refractivity contribution < 1.29 is 33.4 Å². The first-order valence-electron chi connectivity index (χ1n) is 7.07. The van der Waals surface area contributed by atoms with Crippen molar-refractivity contribution in [2.75, 3.05) is 7.11 Å². The Bertz CT molecular complexity index is 654. The molecular weight excluding hydrogens is 318 g/mol. The van der Waals surface area contributed by atoms with Crippen LogP contribution in [0.4, 0.5) is 0 Å². The van der Waals surface area contributed by atoms with Crippen molar-refractivity contribution in [3.63, 3.8) is 0 Å². The first kappa shape index (κ1) is 19.1. The van der Waals surface area contributed by atoms with E-state index in [4.69, 9.17) is 9.47 Å². The van der Waals surface area contributed by atoms with Crippen LogP contribution < -0.4 is 14.8 Å². The van der Waals surface area contributed by atoms with Crippen LogP contribution in [0.15, 0.2) is 18.2 Å². The number of benzene rings is 1. The number of nitrogens with one attached hydrogen (secondary N) is 1. The lowest BCUT2D eigenvalue weighted by atomic mass is 10.1. The minimum Gasteiger partial charge on any atom is -0.467 e. The van der Waals surface area contributed by atoms with Crippen molar-refractivity contribution >= 4 is 23.8 Å². The molecule has 1 rings (SSSR count). The molecule has 0 radical (unpaired) electrons. The van der Waals surface area contributed by atoms with Crippen LogP contribution in [0, 0.1) is 0 Å². The van der Waals surface area contributed by atoms with Gasteiger partial charge in [-0.1, -0.05) is 6.07 Å². The van der Waals surface area contributed by atoms with E-state index in [9.17, 15) is 19.2 Å². The summed E-state index contributed by atoms with van der Waals surface area (Å²) in [5.74, 6) is -2.03. The van der Waals surface area contributed by atoms with E-state index in [0.717, 1.165) is 0 Å². The molecule has 1 aromatic carbocycles. The molecule has 0 aliphatic rings. The van der Waals surface area contributed by atoms with Crippen molar-refractivity contribution in [2.24, 2.45) is 0 Å². The summed E-state index contributed by atoms with van der Waals surface area (Å²) in [5.41, 5.74) is 0.575. The molecule has 1 atom stereocenters. The number of esters is 3. The fourth-order valence-electron chi connectivity index (χ4n) is 1.97. The van der Waals surface area contributed by atoms with E-state index >= 15 is 0 Å². The molecule has 1 unspecified atom stereocenters. The molecule has 24 heavy (non-hydrogen) atoms. The first-order valence-corrected chi connectivity index (χ1v) is 7.07. The van der Waals surface area contributed by atoms with Gasteiger partial charge in [-0.15, -0.1) is 0 Å². The van der Waals surface area contributed by atoms with Crippen molar-refractivity contribution in [1.82, 2.24) is 5.32 Å². The predicted octanol–water partition coefficient (Wildman–Crippen LogP) is 0.757. The molecular formula is C16H19NO7. The van der Waals surface area contributed by atoms with Crippen LogP contribution in [0.1, 0.15) is 26.3 Å². The van der Waals surface area contributed by atoms with Gasteiger partial charge in [-0.05, 0) is 17.7 Å². The van der Waals surface area contributed by atoms with Crippen molar-refractivity contribution in [2.45, 2.75) is 33.2 Å². The molecule has 0 heterocycles. The van der Waals surface area contributed by atoms with Crippen LogP contribution in [0.2, 0.25) is 0 Å². The highest BCUT2D eigenvalue weighted by atomic mass is 16.6. The molecule has 0 fully saturated rings. The topological polar surface area (TPSA) is 108 Å². The maximum Gasteiger partial charge on any atom is 0.328 e. The van der Waals surface area contributed by atoms with E-state index in [2.05, 4.69) is 10.1 Å². The molecule has 0 bridgehead atoms. The van der Waals surface area contributed by atoms with E-state index in [-0.39, 0.29) is 23.8 Å². The summed E-state index contributed by atoms with van der Waals surface area (Å²) in [5, 5.41) is 2.48. The van der Waals surface area contributed by atoms with E-state index in [1.807, 2.05) is 0 Å². The Labute approximate surface area is 139 Å². The Morgan fingerprint density at radius 3 is 2.08 bits per heavy atom. The Morgan fingerprint density at radius 1 is 1.00 bits per heavy atom. The van der Waals surface area contributed by atoms with Gasteiger partial charge < -0.3 is 19.5 Å². The highest BCUT2D eigenvalue weighted by Gasteiger charge is 2.21. The number of carbonyl (C=O) groups excluding carboxylic acids is 4. The van der Waals surface area contributed by atoms with Gasteiger partial charge in [0.25, 0.3) is 0 Å². The van der Waals surface area contributed by atoms with Gasteiger partial charge in [-0.2, -0.15) is 0 Å². The van der Waals surface area contributed by atoms with Gasteiger partial charge in [-0.3, -0.25) is 14.4 Å². The third-order valence-electron chi connectivity index (χ3n) is 2.82.